The van der Waals surface area contributed by atoms with Crippen molar-refractivity contribution in [1.82, 2.24) is 14.9 Å². The molecule has 1 amide bonds. The van der Waals surface area contributed by atoms with E-state index < -0.39 is 0 Å². The third-order valence-corrected chi connectivity index (χ3v) is 4.85. The van der Waals surface area contributed by atoms with Crippen LogP contribution in [0.1, 0.15) is 15.9 Å². The molecular weight excluding hydrogens is 350 g/mol. The highest BCUT2D eigenvalue weighted by molar-refractivity contribution is 5.94. The monoisotopic (exact) mass is 369 g/mol. The molecule has 1 aliphatic heterocycles. The SMILES string of the molecule is N#Cc1cccc(C(=O)N2CCN(c3cc(-c4ccccc4)ncn3)CC2)c1. The number of piperazine rings is 1. The Morgan fingerprint density at radius 3 is 2.46 bits per heavy atom. The molecule has 4 rings (SSSR count). The quantitative estimate of drug-likeness (QED) is 0.710. The van der Waals surface area contributed by atoms with Crippen LogP contribution in [0.2, 0.25) is 0 Å². The smallest absolute Gasteiger partial charge is 0.254 e. The van der Waals surface area contributed by atoms with Gasteiger partial charge in [-0.2, -0.15) is 5.26 Å². The fraction of sp³-hybridized carbons (Fsp3) is 0.182. The summed E-state index contributed by atoms with van der Waals surface area (Å²) in [4.78, 5) is 25.5. The standard InChI is InChI=1S/C22H19N5O/c23-15-17-5-4-8-19(13-17)22(28)27-11-9-26(10-12-27)21-14-20(24-16-25-21)18-6-2-1-3-7-18/h1-8,13-14,16H,9-12H2. The molecule has 1 aromatic heterocycles. The first-order valence-electron chi connectivity index (χ1n) is 9.16. The van der Waals surface area contributed by atoms with Crippen molar-refractivity contribution in [3.63, 3.8) is 0 Å². The molecule has 0 radical (unpaired) electrons. The molecule has 6 nitrogen and oxygen atoms in total. The molecule has 0 N–H and O–H groups in total. The molecule has 0 unspecified atom stereocenters. The van der Waals surface area contributed by atoms with Crippen molar-refractivity contribution < 1.29 is 4.79 Å². The molecule has 0 saturated carbocycles. The minimum atomic E-state index is -0.0376. The van der Waals surface area contributed by atoms with E-state index in [1.54, 1.807) is 30.6 Å². The van der Waals surface area contributed by atoms with E-state index in [1.807, 2.05) is 41.3 Å². The van der Waals surface area contributed by atoms with Crippen LogP contribution in [0.5, 0.6) is 0 Å². The summed E-state index contributed by atoms with van der Waals surface area (Å²) in [5.41, 5.74) is 2.99. The molecule has 0 aliphatic carbocycles. The number of carbonyl (C=O) groups excluding carboxylic acids is 1. The summed E-state index contributed by atoms with van der Waals surface area (Å²) >= 11 is 0. The lowest BCUT2D eigenvalue weighted by atomic mass is 10.1. The van der Waals surface area contributed by atoms with E-state index in [2.05, 4.69) is 20.9 Å². The Morgan fingerprint density at radius 1 is 0.929 bits per heavy atom. The maximum atomic E-state index is 12.7. The Morgan fingerprint density at radius 2 is 1.71 bits per heavy atom. The third kappa shape index (κ3) is 3.69. The molecule has 28 heavy (non-hydrogen) atoms. The van der Waals surface area contributed by atoms with Crippen LogP contribution < -0.4 is 4.90 Å². The largest absolute Gasteiger partial charge is 0.353 e. The molecule has 0 atom stereocenters. The van der Waals surface area contributed by atoms with E-state index >= 15 is 0 Å². The Kier molecular flexibility index (Phi) is 4.98. The van der Waals surface area contributed by atoms with Crippen LogP contribution in [0.3, 0.4) is 0 Å². The summed E-state index contributed by atoms with van der Waals surface area (Å²) in [6.45, 7) is 2.63. The van der Waals surface area contributed by atoms with Crippen LogP contribution >= 0.6 is 0 Å². The fourth-order valence-electron chi connectivity index (χ4n) is 3.33. The molecule has 0 bridgehead atoms. The number of nitriles is 1. The maximum Gasteiger partial charge on any atom is 0.254 e. The number of carbonyl (C=O) groups is 1. The summed E-state index contributed by atoms with van der Waals surface area (Å²) < 4.78 is 0. The van der Waals surface area contributed by atoms with Crippen molar-refractivity contribution in [3.8, 4) is 17.3 Å². The van der Waals surface area contributed by atoms with Crippen molar-refractivity contribution in [3.05, 3.63) is 78.1 Å². The zero-order valence-corrected chi connectivity index (χ0v) is 15.3. The lowest BCUT2D eigenvalue weighted by Gasteiger charge is -2.35. The summed E-state index contributed by atoms with van der Waals surface area (Å²) in [5, 5.41) is 9.03. The predicted octanol–water partition coefficient (Wildman–Crippen LogP) is 2.98. The number of hydrogen-bond donors (Lipinski definition) is 0. The van der Waals surface area contributed by atoms with Gasteiger partial charge in [0.2, 0.25) is 0 Å². The van der Waals surface area contributed by atoms with E-state index in [1.165, 1.54) is 0 Å². The van der Waals surface area contributed by atoms with E-state index in [9.17, 15) is 4.79 Å². The summed E-state index contributed by atoms with van der Waals surface area (Å²) in [5.74, 6) is 0.830. The number of benzene rings is 2. The Bertz CT molecular complexity index is 1020. The van der Waals surface area contributed by atoms with Gasteiger partial charge in [-0.1, -0.05) is 36.4 Å². The summed E-state index contributed by atoms with van der Waals surface area (Å²) in [6, 6.07) is 20.9. The maximum absolute atomic E-state index is 12.7. The lowest BCUT2D eigenvalue weighted by molar-refractivity contribution is 0.0746. The second-order valence-corrected chi connectivity index (χ2v) is 6.60. The van der Waals surface area contributed by atoms with Gasteiger partial charge in [-0.25, -0.2) is 9.97 Å². The van der Waals surface area contributed by atoms with E-state index in [0.29, 0.717) is 37.3 Å². The zero-order chi connectivity index (χ0) is 19.3. The highest BCUT2D eigenvalue weighted by atomic mass is 16.2. The van der Waals surface area contributed by atoms with Crippen LogP contribution in [-0.2, 0) is 0 Å². The van der Waals surface area contributed by atoms with Gasteiger partial charge in [-0.3, -0.25) is 4.79 Å². The number of aromatic nitrogens is 2. The van der Waals surface area contributed by atoms with Crippen LogP contribution in [0, 0.1) is 11.3 Å². The van der Waals surface area contributed by atoms with Crippen LogP contribution in [0.4, 0.5) is 5.82 Å². The first-order chi connectivity index (χ1) is 13.7. The Hall–Kier alpha value is -3.72. The summed E-state index contributed by atoms with van der Waals surface area (Å²) in [6.07, 6.45) is 1.59. The minimum absolute atomic E-state index is 0.0376. The van der Waals surface area contributed by atoms with Gasteiger partial charge in [-0.15, -0.1) is 0 Å². The predicted molar refractivity (Wildman–Crippen MR) is 107 cm³/mol. The van der Waals surface area contributed by atoms with E-state index in [0.717, 1.165) is 17.1 Å². The lowest BCUT2D eigenvalue weighted by Crippen LogP contribution is -2.49. The molecule has 138 valence electrons. The topological polar surface area (TPSA) is 73.1 Å². The Labute approximate surface area is 163 Å². The second kappa shape index (κ2) is 7.89. The Balaban J connectivity index is 1.44. The van der Waals surface area contributed by atoms with Crippen molar-refractivity contribution in [2.75, 3.05) is 31.1 Å². The third-order valence-electron chi connectivity index (χ3n) is 4.85. The van der Waals surface area contributed by atoms with Crippen LogP contribution in [0.25, 0.3) is 11.3 Å². The van der Waals surface area contributed by atoms with Crippen molar-refractivity contribution in [1.29, 1.82) is 5.26 Å². The number of hydrogen-bond acceptors (Lipinski definition) is 5. The van der Waals surface area contributed by atoms with Gasteiger partial charge in [0, 0.05) is 43.4 Å². The van der Waals surface area contributed by atoms with E-state index in [-0.39, 0.29) is 5.91 Å². The average Bonchev–Trinajstić information content (AvgIpc) is 2.79. The summed E-state index contributed by atoms with van der Waals surface area (Å²) in [7, 11) is 0. The molecule has 2 aromatic carbocycles. The first kappa shape index (κ1) is 17.7. The number of rotatable bonds is 3. The molecule has 2 heterocycles. The number of anilines is 1. The minimum Gasteiger partial charge on any atom is -0.353 e. The van der Waals surface area contributed by atoms with Crippen molar-refractivity contribution in [2.45, 2.75) is 0 Å². The first-order valence-corrected chi connectivity index (χ1v) is 9.16. The molecule has 3 aromatic rings. The second-order valence-electron chi connectivity index (χ2n) is 6.60. The van der Waals surface area contributed by atoms with Crippen molar-refractivity contribution in [2.24, 2.45) is 0 Å². The van der Waals surface area contributed by atoms with Gasteiger partial charge in [-0.05, 0) is 18.2 Å². The molecule has 1 aliphatic rings. The fourth-order valence-corrected chi connectivity index (χ4v) is 3.33. The molecule has 1 saturated heterocycles. The molecule has 6 heteroatoms. The van der Waals surface area contributed by atoms with Gasteiger partial charge in [0.05, 0.1) is 17.3 Å². The zero-order valence-electron chi connectivity index (χ0n) is 15.3. The number of nitrogens with zero attached hydrogens (tertiary/aromatic N) is 5. The highest BCUT2D eigenvalue weighted by Gasteiger charge is 2.23. The number of amides is 1. The molecular formula is C22H19N5O. The van der Waals surface area contributed by atoms with Crippen LogP contribution in [-0.4, -0.2) is 47.0 Å². The van der Waals surface area contributed by atoms with E-state index in [4.69, 9.17) is 5.26 Å². The van der Waals surface area contributed by atoms with Gasteiger partial charge in [0.25, 0.3) is 5.91 Å². The van der Waals surface area contributed by atoms with Gasteiger partial charge in [0.1, 0.15) is 12.1 Å². The van der Waals surface area contributed by atoms with Gasteiger partial charge in [0.15, 0.2) is 0 Å². The van der Waals surface area contributed by atoms with Crippen LogP contribution in [0.15, 0.2) is 67.0 Å². The molecule has 0 spiro atoms. The van der Waals surface area contributed by atoms with Gasteiger partial charge >= 0.3 is 0 Å². The van der Waals surface area contributed by atoms with Gasteiger partial charge < -0.3 is 9.80 Å². The van der Waals surface area contributed by atoms with Crippen molar-refractivity contribution >= 4 is 11.7 Å². The normalized spacial score (nSPS) is 13.8. The highest BCUT2D eigenvalue weighted by Crippen LogP contribution is 2.21. The average molecular weight is 369 g/mol. The molecule has 1 fully saturated rings.